The molecule has 3 amide bonds. The van der Waals surface area contributed by atoms with Crippen LogP contribution >= 0.6 is 0 Å². The van der Waals surface area contributed by atoms with Crippen LogP contribution in [0.1, 0.15) is 26.2 Å². The first kappa shape index (κ1) is 15.2. The summed E-state index contributed by atoms with van der Waals surface area (Å²) in [6.45, 7) is 2.94. The highest BCUT2D eigenvalue weighted by Crippen LogP contribution is 2.19. The molecular weight excluding hydrogens is 254 g/mol. The molecule has 1 aliphatic heterocycles. The molecule has 0 aliphatic carbocycles. The summed E-state index contributed by atoms with van der Waals surface area (Å²) in [6, 6.07) is -1.95. The monoisotopic (exact) mass is 273 g/mol. The Hall–Kier alpha value is -1.83. The van der Waals surface area contributed by atoms with E-state index in [1.165, 1.54) is 0 Å². The Bertz CT molecular complexity index is 365. The molecule has 1 fully saturated rings. The van der Waals surface area contributed by atoms with Crippen molar-refractivity contribution >= 4 is 17.9 Å². The molecule has 8 nitrogen and oxygen atoms in total. The van der Waals surface area contributed by atoms with Gasteiger partial charge >= 0.3 is 12.0 Å². The molecule has 1 aliphatic rings. The molecule has 0 radical (unpaired) electrons. The fraction of sp³-hybridized carbons (Fsp3) is 0.727. The predicted octanol–water partition coefficient (Wildman–Crippen LogP) is -0.817. The second kappa shape index (κ2) is 6.37. The maximum atomic E-state index is 11.7. The predicted molar refractivity (Wildman–Crippen MR) is 65.4 cm³/mol. The van der Waals surface area contributed by atoms with Gasteiger partial charge in [-0.2, -0.15) is 0 Å². The summed E-state index contributed by atoms with van der Waals surface area (Å²) in [5.74, 6) is -2.09. The average molecular weight is 273 g/mol. The Morgan fingerprint density at radius 1 is 1.37 bits per heavy atom. The van der Waals surface area contributed by atoms with Gasteiger partial charge in [-0.25, -0.2) is 9.59 Å². The minimum absolute atomic E-state index is 0.432. The zero-order valence-electron chi connectivity index (χ0n) is 10.8. The van der Waals surface area contributed by atoms with Crippen molar-refractivity contribution in [3.05, 3.63) is 0 Å². The molecule has 0 spiro atoms. The molecule has 108 valence electrons. The maximum Gasteiger partial charge on any atom is 0.326 e. The summed E-state index contributed by atoms with van der Waals surface area (Å²) in [4.78, 5) is 33.3. The highest BCUT2D eigenvalue weighted by Gasteiger charge is 2.30. The van der Waals surface area contributed by atoms with Crippen LogP contribution in [0.15, 0.2) is 0 Å². The van der Waals surface area contributed by atoms with Crippen molar-refractivity contribution in [3.8, 4) is 0 Å². The number of amides is 3. The molecule has 1 atom stereocenters. The van der Waals surface area contributed by atoms with Gasteiger partial charge in [-0.3, -0.25) is 4.79 Å². The van der Waals surface area contributed by atoms with Crippen molar-refractivity contribution in [2.24, 2.45) is 5.73 Å². The van der Waals surface area contributed by atoms with Crippen molar-refractivity contribution in [3.63, 3.8) is 0 Å². The van der Waals surface area contributed by atoms with Crippen LogP contribution in [0, 0.1) is 0 Å². The summed E-state index contributed by atoms with van der Waals surface area (Å²) in [5.41, 5.74) is 4.49. The lowest BCUT2D eigenvalue weighted by molar-refractivity contribution is -0.140. The van der Waals surface area contributed by atoms with Crippen LogP contribution in [0.2, 0.25) is 0 Å². The van der Waals surface area contributed by atoms with Crippen LogP contribution in [0.5, 0.6) is 0 Å². The number of rotatable bonds is 5. The highest BCUT2D eigenvalue weighted by atomic mass is 16.5. The van der Waals surface area contributed by atoms with Gasteiger partial charge in [0.05, 0.1) is 6.42 Å². The van der Waals surface area contributed by atoms with Crippen LogP contribution in [0.3, 0.4) is 0 Å². The first-order valence-corrected chi connectivity index (χ1v) is 6.00. The van der Waals surface area contributed by atoms with E-state index in [4.69, 9.17) is 15.6 Å². The first-order chi connectivity index (χ1) is 8.82. The van der Waals surface area contributed by atoms with E-state index in [-0.39, 0.29) is 0 Å². The Kier molecular flexibility index (Phi) is 5.11. The van der Waals surface area contributed by atoms with E-state index in [1.54, 1.807) is 0 Å². The third-order valence-corrected chi connectivity index (χ3v) is 3.02. The number of carbonyl (C=O) groups is 3. The summed E-state index contributed by atoms with van der Waals surface area (Å²) in [6.07, 6.45) is 0.852. The van der Waals surface area contributed by atoms with Crippen LogP contribution in [-0.2, 0) is 14.3 Å². The van der Waals surface area contributed by atoms with Crippen molar-refractivity contribution in [2.45, 2.75) is 37.8 Å². The minimum Gasteiger partial charge on any atom is -0.480 e. The summed E-state index contributed by atoms with van der Waals surface area (Å²) in [7, 11) is 0. The Morgan fingerprint density at radius 3 is 2.42 bits per heavy atom. The smallest absolute Gasteiger partial charge is 0.326 e. The Labute approximate surface area is 110 Å². The lowest BCUT2D eigenvalue weighted by atomic mass is 9.93. The van der Waals surface area contributed by atoms with Gasteiger partial charge in [-0.05, 0) is 19.8 Å². The molecule has 1 unspecified atom stereocenters. The van der Waals surface area contributed by atoms with E-state index < -0.39 is 35.9 Å². The summed E-state index contributed by atoms with van der Waals surface area (Å²) < 4.78 is 5.19. The Balaban J connectivity index is 2.52. The summed E-state index contributed by atoms with van der Waals surface area (Å²) in [5, 5.41) is 13.8. The molecule has 5 N–H and O–H groups in total. The van der Waals surface area contributed by atoms with E-state index in [2.05, 4.69) is 10.6 Å². The lowest BCUT2D eigenvalue weighted by Gasteiger charge is -2.34. The van der Waals surface area contributed by atoms with Crippen molar-refractivity contribution in [2.75, 3.05) is 13.2 Å². The topological polar surface area (TPSA) is 131 Å². The largest absolute Gasteiger partial charge is 0.480 e. The van der Waals surface area contributed by atoms with Crippen molar-refractivity contribution in [1.82, 2.24) is 10.6 Å². The van der Waals surface area contributed by atoms with Crippen molar-refractivity contribution in [1.29, 1.82) is 0 Å². The zero-order valence-corrected chi connectivity index (χ0v) is 10.8. The quantitative estimate of drug-likeness (QED) is 0.520. The highest BCUT2D eigenvalue weighted by molar-refractivity contribution is 5.87. The van der Waals surface area contributed by atoms with Crippen LogP contribution in [0.4, 0.5) is 4.79 Å². The number of hydrogen-bond acceptors (Lipinski definition) is 4. The van der Waals surface area contributed by atoms with Gasteiger partial charge in [0, 0.05) is 18.8 Å². The van der Waals surface area contributed by atoms with Gasteiger partial charge in [-0.15, -0.1) is 0 Å². The molecule has 0 bridgehead atoms. The third-order valence-electron chi connectivity index (χ3n) is 3.02. The molecule has 1 saturated heterocycles. The molecule has 0 saturated carbocycles. The number of urea groups is 1. The first-order valence-electron chi connectivity index (χ1n) is 6.00. The molecule has 0 aromatic heterocycles. The number of hydrogen-bond donors (Lipinski definition) is 4. The molecule has 19 heavy (non-hydrogen) atoms. The average Bonchev–Trinajstić information content (AvgIpc) is 2.27. The van der Waals surface area contributed by atoms with E-state index >= 15 is 0 Å². The maximum absolute atomic E-state index is 11.7. The molecule has 1 rings (SSSR count). The van der Waals surface area contributed by atoms with Gasteiger partial charge in [0.15, 0.2) is 0 Å². The second-order valence-electron chi connectivity index (χ2n) is 4.83. The second-order valence-corrected chi connectivity index (χ2v) is 4.83. The number of carboxylic acids is 1. The number of nitrogens with two attached hydrogens (primary N) is 1. The minimum atomic E-state index is -1.32. The number of aliphatic carboxylic acids is 1. The number of ether oxygens (including phenoxy) is 1. The molecule has 1 heterocycles. The molecule has 0 aromatic carbocycles. The number of primary amides is 1. The molecule has 0 aromatic rings. The van der Waals surface area contributed by atoms with Crippen LogP contribution < -0.4 is 16.4 Å². The lowest BCUT2D eigenvalue weighted by Crippen LogP contribution is -2.56. The number of nitrogens with one attached hydrogen (secondary N) is 2. The van der Waals surface area contributed by atoms with E-state index in [1.807, 2.05) is 6.92 Å². The van der Waals surface area contributed by atoms with Gasteiger partial charge in [0.2, 0.25) is 5.91 Å². The Morgan fingerprint density at radius 2 is 1.95 bits per heavy atom. The van der Waals surface area contributed by atoms with Crippen molar-refractivity contribution < 1.29 is 24.2 Å². The van der Waals surface area contributed by atoms with Gasteiger partial charge in [-0.1, -0.05) is 0 Å². The van der Waals surface area contributed by atoms with E-state index in [9.17, 15) is 14.4 Å². The fourth-order valence-corrected chi connectivity index (χ4v) is 1.82. The fourth-order valence-electron chi connectivity index (χ4n) is 1.82. The molecular formula is C11H19N3O5. The van der Waals surface area contributed by atoms with Crippen LogP contribution in [-0.4, -0.2) is 47.8 Å². The van der Waals surface area contributed by atoms with E-state index in [0.717, 1.165) is 0 Å². The van der Waals surface area contributed by atoms with Gasteiger partial charge in [0.25, 0.3) is 0 Å². The third kappa shape index (κ3) is 5.12. The summed E-state index contributed by atoms with van der Waals surface area (Å²) >= 11 is 0. The SMILES string of the molecule is CC1(NC(=O)NC(CC(N)=O)C(=O)O)CCOCC1. The van der Waals surface area contributed by atoms with Gasteiger partial charge in [0.1, 0.15) is 6.04 Å². The normalized spacial score (nSPS) is 19.2. The standard InChI is InChI=1S/C11H19N3O5/c1-11(2-4-19-5-3-11)14-10(18)13-7(9(16)17)6-8(12)15/h7H,2-6H2,1H3,(H2,12,15)(H,16,17)(H2,13,14,18). The zero-order chi connectivity index (χ0) is 14.5. The van der Waals surface area contributed by atoms with Gasteiger partial charge < -0.3 is 26.2 Å². The van der Waals surface area contributed by atoms with Crippen LogP contribution in [0.25, 0.3) is 0 Å². The molecule has 8 heteroatoms. The van der Waals surface area contributed by atoms with E-state index in [0.29, 0.717) is 26.1 Å². The number of carbonyl (C=O) groups excluding carboxylic acids is 2. The number of carboxylic acid groups (broad SMARTS) is 1.